The SMILES string of the molecule is CCN1C(=O)C2CC=C3C(CC4C(=O)N(Nc5ccc(Cl)cc5Cl)C(=O)C4(c4ccc(OC)cc4)C3c3ccc(O)c(C)c3)C2C1=O. The molecule has 0 aromatic heterocycles. The fourth-order valence-corrected chi connectivity index (χ4v) is 8.90. The van der Waals surface area contributed by atoms with Crippen molar-refractivity contribution in [1.29, 1.82) is 0 Å². The van der Waals surface area contributed by atoms with Crippen LogP contribution < -0.4 is 10.2 Å². The number of halogens is 2. The quantitative estimate of drug-likeness (QED) is 0.243. The Morgan fingerprint density at radius 2 is 1.70 bits per heavy atom. The number of hydrazine groups is 1. The van der Waals surface area contributed by atoms with Gasteiger partial charge in [0.1, 0.15) is 11.5 Å². The number of ether oxygens (including phenoxy) is 1. The Hall–Kier alpha value is -4.34. The Morgan fingerprint density at radius 1 is 0.957 bits per heavy atom. The number of carbonyl (C=O) groups is 4. The van der Waals surface area contributed by atoms with Crippen LogP contribution in [0.2, 0.25) is 10.0 Å². The molecule has 7 rings (SSSR count). The molecule has 4 aliphatic rings. The Balaban J connectivity index is 1.47. The van der Waals surface area contributed by atoms with E-state index in [1.165, 1.54) is 11.0 Å². The summed E-state index contributed by atoms with van der Waals surface area (Å²) in [4.78, 5) is 58.4. The van der Waals surface area contributed by atoms with Crippen molar-refractivity contribution in [2.75, 3.05) is 19.1 Å². The van der Waals surface area contributed by atoms with Crippen molar-refractivity contribution in [2.45, 2.75) is 38.0 Å². The molecule has 0 radical (unpaired) electrons. The summed E-state index contributed by atoms with van der Waals surface area (Å²) in [5, 5.41) is 12.2. The molecule has 6 atom stereocenters. The lowest BCUT2D eigenvalue weighted by Gasteiger charge is -2.50. The molecule has 11 heteroatoms. The minimum absolute atomic E-state index is 0.0958. The molecule has 2 aliphatic heterocycles. The maximum Gasteiger partial charge on any atom is 0.260 e. The lowest BCUT2D eigenvalue weighted by molar-refractivity contribution is -0.141. The van der Waals surface area contributed by atoms with Crippen LogP contribution in [0.4, 0.5) is 5.69 Å². The molecule has 2 aliphatic carbocycles. The van der Waals surface area contributed by atoms with E-state index < -0.39 is 46.8 Å². The van der Waals surface area contributed by atoms with E-state index in [-0.39, 0.29) is 35.6 Å². The van der Waals surface area contributed by atoms with Crippen LogP contribution in [-0.4, -0.2) is 52.3 Å². The molecule has 6 unspecified atom stereocenters. The Labute approximate surface area is 282 Å². The number of hydrogen-bond donors (Lipinski definition) is 2. The van der Waals surface area contributed by atoms with Gasteiger partial charge >= 0.3 is 0 Å². The summed E-state index contributed by atoms with van der Waals surface area (Å²) >= 11 is 12.6. The summed E-state index contributed by atoms with van der Waals surface area (Å²) in [5.41, 5.74) is 4.63. The molecule has 4 amide bonds. The summed E-state index contributed by atoms with van der Waals surface area (Å²) < 4.78 is 5.44. The third kappa shape index (κ3) is 4.50. The maximum atomic E-state index is 15.2. The monoisotopic (exact) mass is 673 g/mol. The number of methoxy groups -OCH3 is 1. The average Bonchev–Trinajstić information content (AvgIpc) is 3.44. The number of benzene rings is 3. The second-order valence-corrected chi connectivity index (χ2v) is 13.5. The van der Waals surface area contributed by atoms with Crippen LogP contribution in [0.5, 0.6) is 11.5 Å². The first-order chi connectivity index (χ1) is 22.5. The van der Waals surface area contributed by atoms with Gasteiger partial charge in [-0.05, 0) is 85.7 Å². The van der Waals surface area contributed by atoms with E-state index in [1.54, 1.807) is 57.4 Å². The fraction of sp³-hybridized carbons (Fsp3) is 0.333. The Kier molecular flexibility index (Phi) is 7.60. The molecule has 2 saturated heterocycles. The Bertz CT molecular complexity index is 1880. The van der Waals surface area contributed by atoms with Gasteiger partial charge in [-0.1, -0.05) is 59.1 Å². The number of fused-ring (bicyclic) bond motifs is 4. The summed E-state index contributed by atoms with van der Waals surface area (Å²) in [6.45, 7) is 3.82. The van der Waals surface area contributed by atoms with Crippen LogP contribution in [0.25, 0.3) is 0 Å². The zero-order valence-electron chi connectivity index (χ0n) is 26.0. The topological polar surface area (TPSA) is 116 Å². The molecular weight excluding hydrogens is 641 g/mol. The molecule has 2 N–H and O–H groups in total. The second kappa shape index (κ2) is 11.4. The van der Waals surface area contributed by atoms with E-state index in [0.29, 0.717) is 39.6 Å². The van der Waals surface area contributed by atoms with E-state index >= 15 is 4.79 Å². The number of aromatic hydroxyl groups is 1. The highest BCUT2D eigenvalue weighted by Crippen LogP contribution is 2.64. The van der Waals surface area contributed by atoms with Gasteiger partial charge < -0.3 is 9.84 Å². The molecule has 0 bridgehead atoms. The summed E-state index contributed by atoms with van der Waals surface area (Å²) in [7, 11) is 1.55. The van der Waals surface area contributed by atoms with Crippen LogP contribution in [0, 0.1) is 30.6 Å². The molecule has 3 aromatic rings. The number of phenolic OH excluding ortho intramolecular Hbond substituents is 1. The fourth-order valence-electron chi connectivity index (χ4n) is 8.45. The molecule has 3 fully saturated rings. The molecule has 47 heavy (non-hydrogen) atoms. The standard InChI is InChI=1S/C36H33Cl2N3O6/c1-4-40-32(43)24-12-11-23-25(30(24)34(40)45)17-26-33(44)41(39-28-13-8-21(37)16-27(28)38)35(46)36(26,20-6-9-22(47-3)10-7-20)31(23)19-5-14-29(42)18(2)15-19/h5-11,13-16,24-26,30-31,39,42H,4,12,17H2,1-3H3. The summed E-state index contributed by atoms with van der Waals surface area (Å²) in [6.07, 6.45) is 2.54. The predicted octanol–water partition coefficient (Wildman–Crippen LogP) is 6.02. The molecule has 0 spiro atoms. The van der Waals surface area contributed by atoms with Gasteiger partial charge in [0.25, 0.3) is 11.8 Å². The van der Waals surface area contributed by atoms with E-state index in [0.717, 1.165) is 10.6 Å². The third-order valence-corrected chi connectivity index (χ3v) is 11.1. The third-order valence-electron chi connectivity index (χ3n) is 10.5. The van der Waals surface area contributed by atoms with Gasteiger partial charge in [0.2, 0.25) is 11.8 Å². The van der Waals surface area contributed by atoms with Crippen LogP contribution in [0.15, 0.2) is 72.3 Å². The molecule has 3 aromatic carbocycles. The van der Waals surface area contributed by atoms with Crippen LogP contribution in [0.3, 0.4) is 0 Å². The van der Waals surface area contributed by atoms with E-state index in [2.05, 4.69) is 5.43 Å². The lowest BCUT2D eigenvalue weighted by Crippen LogP contribution is -2.53. The average molecular weight is 675 g/mol. The highest BCUT2D eigenvalue weighted by Gasteiger charge is 2.70. The number of aryl methyl sites for hydroxylation is 1. The van der Waals surface area contributed by atoms with Crippen molar-refractivity contribution >= 4 is 52.5 Å². The van der Waals surface area contributed by atoms with Crippen molar-refractivity contribution in [2.24, 2.45) is 23.7 Å². The summed E-state index contributed by atoms with van der Waals surface area (Å²) in [6, 6.07) is 17.1. The minimum atomic E-state index is -1.45. The Morgan fingerprint density at radius 3 is 2.36 bits per heavy atom. The zero-order valence-corrected chi connectivity index (χ0v) is 27.5. The number of nitrogens with zero attached hydrogens (tertiary/aromatic N) is 2. The summed E-state index contributed by atoms with van der Waals surface area (Å²) in [5.74, 6) is -3.97. The molecule has 9 nitrogen and oxygen atoms in total. The molecular formula is C36H33Cl2N3O6. The van der Waals surface area contributed by atoms with Gasteiger partial charge in [-0.3, -0.25) is 29.5 Å². The van der Waals surface area contributed by atoms with Crippen molar-refractivity contribution in [3.63, 3.8) is 0 Å². The number of carbonyl (C=O) groups excluding carboxylic acids is 4. The smallest absolute Gasteiger partial charge is 0.260 e. The first-order valence-corrected chi connectivity index (χ1v) is 16.4. The number of likely N-dealkylation sites (tertiary alicyclic amines) is 1. The largest absolute Gasteiger partial charge is 0.508 e. The van der Waals surface area contributed by atoms with E-state index in [4.69, 9.17) is 27.9 Å². The highest BCUT2D eigenvalue weighted by atomic mass is 35.5. The first-order valence-electron chi connectivity index (χ1n) is 15.6. The number of amides is 4. The number of rotatable bonds is 6. The molecule has 2 heterocycles. The number of allylic oxidation sites excluding steroid dienone is 2. The predicted molar refractivity (Wildman–Crippen MR) is 176 cm³/mol. The number of imide groups is 2. The maximum absolute atomic E-state index is 15.2. The van der Waals surface area contributed by atoms with E-state index in [9.17, 15) is 19.5 Å². The number of anilines is 1. The van der Waals surface area contributed by atoms with Gasteiger partial charge in [0, 0.05) is 17.5 Å². The minimum Gasteiger partial charge on any atom is -0.508 e. The molecule has 242 valence electrons. The first kappa shape index (κ1) is 31.3. The van der Waals surface area contributed by atoms with E-state index in [1.807, 2.05) is 24.3 Å². The van der Waals surface area contributed by atoms with Crippen LogP contribution in [0.1, 0.15) is 42.4 Å². The van der Waals surface area contributed by atoms with Crippen molar-refractivity contribution < 1.29 is 29.0 Å². The normalized spacial score (nSPS) is 28.2. The number of phenols is 1. The number of hydrogen-bond acceptors (Lipinski definition) is 7. The second-order valence-electron chi connectivity index (χ2n) is 12.7. The zero-order chi connectivity index (χ0) is 33.4. The van der Waals surface area contributed by atoms with Crippen LogP contribution >= 0.6 is 23.2 Å². The van der Waals surface area contributed by atoms with Crippen LogP contribution in [-0.2, 0) is 24.6 Å². The van der Waals surface area contributed by atoms with Gasteiger partial charge in [-0.25, -0.2) is 0 Å². The number of nitrogens with one attached hydrogen (secondary N) is 1. The highest BCUT2D eigenvalue weighted by molar-refractivity contribution is 6.36. The van der Waals surface area contributed by atoms with Gasteiger partial charge in [0.15, 0.2) is 0 Å². The van der Waals surface area contributed by atoms with Crippen molar-refractivity contribution in [1.82, 2.24) is 9.91 Å². The van der Waals surface area contributed by atoms with Crippen molar-refractivity contribution in [3.05, 3.63) is 99.0 Å². The molecule has 1 saturated carbocycles. The lowest BCUT2D eigenvalue weighted by atomic mass is 9.49. The van der Waals surface area contributed by atoms with Gasteiger partial charge in [-0.2, -0.15) is 5.01 Å². The van der Waals surface area contributed by atoms with Gasteiger partial charge in [0.05, 0.1) is 41.0 Å². The van der Waals surface area contributed by atoms with Crippen molar-refractivity contribution in [3.8, 4) is 11.5 Å². The van der Waals surface area contributed by atoms with Gasteiger partial charge in [-0.15, -0.1) is 0 Å².